The fourth-order valence-electron chi connectivity index (χ4n) is 2.65. The zero-order valence-corrected chi connectivity index (χ0v) is 13.5. The summed E-state index contributed by atoms with van der Waals surface area (Å²) in [7, 11) is -3.79. The number of rotatable bonds is 6. The van der Waals surface area contributed by atoms with Gasteiger partial charge >= 0.3 is 11.9 Å². The molecule has 0 aliphatic heterocycles. The van der Waals surface area contributed by atoms with E-state index in [9.17, 15) is 18.0 Å². The maximum absolute atomic E-state index is 12.5. The van der Waals surface area contributed by atoms with Crippen LogP contribution in [0.1, 0.15) is 33.6 Å². The van der Waals surface area contributed by atoms with Gasteiger partial charge in [-0.25, -0.2) is 13.2 Å². The summed E-state index contributed by atoms with van der Waals surface area (Å²) in [6.07, 6.45) is -0.0312. The number of hydrogen-bond donors (Lipinski definition) is 0. The summed E-state index contributed by atoms with van der Waals surface area (Å²) < 4.78 is 33.0. The topological polar surface area (TPSA) is 86.7 Å². The van der Waals surface area contributed by atoms with Crippen molar-refractivity contribution in [3.8, 4) is 0 Å². The summed E-state index contributed by atoms with van der Waals surface area (Å²) in [4.78, 5) is 24.2. The van der Waals surface area contributed by atoms with Gasteiger partial charge in [-0.3, -0.25) is 4.79 Å². The van der Waals surface area contributed by atoms with Crippen LogP contribution in [0.15, 0.2) is 12.2 Å². The normalized spacial score (nSPS) is 25.7. The van der Waals surface area contributed by atoms with Gasteiger partial charge in [-0.2, -0.15) is 0 Å². The van der Waals surface area contributed by atoms with Crippen molar-refractivity contribution in [3.63, 3.8) is 0 Å². The first-order valence-corrected chi connectivity index (χ1v) is 8.66. The first-order valence-electron chi connectivity index (χ1n) is 7.01. The maximum atomic E-state index is 12.5. The first kappa shape index (κ1) is 17.7. The second-order valence-corrected chi connectivity index (χ2v) is 7.42. The lowest BCUT2D eigenvalue weighted by atomic mass is 10.0. The molecule has 0 N–H and O–H groups in total. The second-order valence-electron chi connectivity index (χ2n) is 4.91. The Hall–Kier alpha value is -1.37. The molecule has 1 aliphatic rings. The SMILES string of the molecule is C=C1C[C@H](C(=O)OCC)C[C@]1(C(=O)OCC)S(=O)(=O)CC. The van der Waals surface area contributed by atoms with E-state index in [1.807, 2.05) is 0 Å². The Kier molecular flexibility index (Phi) is 5.55. The molecule has 0 radical (unpaired) electrons. The van der Waals surface area contributed by atoms with E-state index in [0.29, 0.717) is 0 Å². The predicted molar refractivity (Wildman–Crippen MR) is 77.3 cm³/mol. The molecule has 1 aliphatic carbocycles. The second kappa shape index (κ2) is 6.60. The molecule has 0 spiro atoms. The van der Waals surface area contributed by atoms with Crippen LogP contribution in [0.5, 0.6) is 0 Å². The Morgan fingerprint density at radius 2 is 1.81 bits per heavy atom. The largest absolute Gasteiger partial charge is 0.466 e. The summed E-state index contributed by atoms with van der Waals surface area (Å²) >= 11 is 0. The van der Waals surface area contributed by atoms with Crippen molar-refractivity contribution < 1.29 is 27.5 Å². The minimum absolute atomic E-state index is 0.0666. The third-order valence-electron chi connectivity index (χ3n) is 3.73. The van der Waals surface area contributed by atoms with Crippen LogP contribution >= 0.6 is 0 Å². The zero-order chi connectivity index (χ0) is 16.3. The molecule has 0 aromatic rings. The van der Waals surface area contributed by atoms with Crippen LogP contribution in [0, 0.1) is 5.92 Å². The Bertz CT molecular complexity index is 536. The lowest BCUT2D eigenvalue weighted by Crippen LogP contribution is -2.48. The summed E-state index contributed by atoms with van der Waals surface area (Å²) in [5.41, 5.74) is 0.209. The van der Waals surface area contributed by atoms with Gasteiger partial charge in [0.2, 0.25) is 0 Å². The van der Waals surface area contributed by atoms with Gasteiger partial charge in [0, 0.05) is 5.75 Å². The van der Waals surface area contributed by atoms with Crippen LogP contribution in [0.25, 0.3) is 0 Å². The molecular formula is C14H22O6S. The number of esters is 2. The third-order valence-corrected chi connectivity index (χ3v) is 6.18. The van der Waals surface area contributed by atoms with Crippen LogP contribution in [-0.2, 0) is 28.9 Å². The summed E-state index contributed by atoms with van der Waals surface area (Å²) in [5, 5.41) is 0. The third kappa shape index (κ3) is 2.97. The standard InChI is InChI=1S/C14H22O6S/c1-5-19-12(15)11-8-10(4)14(9-11,13(16)20-6-2)21(17,18)7-3/h11H,4-9H2,1-3H3/t11-,14-/m0/s1. The number of carbonyl (C=O) groups is 2. The van der Waals surface area contributed by atoms with Gasteiger partial charge < -0.3 is 9.47 Å². The lowest BCUT2D eigenvalue weighted by Gasteiger charge is -2.27. The molecular weight excluding hydrogens is 296 g/mol. The van der Waals surface area contributed by atoms with E-state index in [1.54, 1.807) is 13.8 Å². The highest BCUT2D eigenvalue weighted by molar-refractivity contribution is 7.93. The van der Waals surface area contributed by atoms with Crippen LogP contribution in [0.2, 0.25) is 0 Å². The first-order chi connectivity index (χ1) is 9.76. The number of ether oxygens (including phenoxy) is 2. The van der Waals surface area contributed by atoms with Crippen molar-refractivity contribution in [3.05, 3.63) is 12.2 Å². The molecule has 2 atom stereocenters. The van der Waals surface area contributed by atoms with Gasteiger partial charge in [0.05, 0.1) is 19.1 Å². The highest BCUT2D eigenvalue weighted by Crippen LogP contribution is 2.45. The van der Waals surface area contributed by atoms with E-state index in [4.69, 9.17) is 9.47 Å². The molecule has 6 nitrogen and oxygen atoms in total. The van der Waals surface area contributed by atoms with E-state index in [1.165, 1.54) is 6.92 Å². The van der Waals surface area contributed by atoms with Crippen molar-refractivity contribution >= 4 is 21.8 Å². The smallest absolute Gasteiger partial charge is 0.331 e. The van der Waals surface area contributed by atoms with Crippen LogP contribution in [-0.4, -0.2) is 44.1 Å². The van der Waals surface area contributed by atoms with Crippen LogP contribution in [0.4, 0.5) is 0 Å². The van der Waals surface area contributed by atoms with E-state index in [0.717, 1.165) is 0 Å². The Labute approximate surface area is 125 Å². The monoisotopic (exact) mass is 318 g/mol. The summed E-state index contributed by atoms with van der Waals surface area (Å²) in [6.45, 7) is 8.73. The molecule has 1 rings (SSSR count). The van der Waals surface area contributed by atoms with Gasteiger partial charge in [0.25, 0.3) is 0 Å². The molecule has 0 aromatic heterocycles. The van der Waals surface area contributed by atoms with Gasteiger partial charge in [0.1, 0.15) is 0 Å². The van der Waals surface area contributed by atoms with E-state index in [-0.39, 0.29) is 37.4 Å². The van der Waals surface area contributed by atoms with Gasteiger partial charge in [0.15, 0.2) is 14.6 Å². The number of hydrogen-bond acceptors (Lipinski definition) is 6. The lowest BCUT2D eigenvalue weighted by molar-refractivity contribution is -0.148. The molecule has 0 aromatic carbocycles. The van der Waals surface area contributed by atoms with E-state index >= 15 is 0 Å². The van der Waals surface area contributed by atoms with Crippen molar-refractivity contribution in [1.82, 2.24) is 0 Å². The van der Waals surface area contributed by atoms with Crippen molar-refractivity contribution in [1.29, 1.82) is 0 Å². The van der Waals surface area contributed by atoms with Crippen LogP contribution < -0.4 is 0 Å². The maximum Gasteiger partial charge on any atom is 0.331 e. The quantitative estimate of drug-likeness (QED) is 0.541. The fourth-order valence-corrected chi connectivity index (χ4v) is 4.43. The molecule has 0 amide bonds. The number of sulfone groups is 1. The molecule has 7 heteroatoms. The summed E-state index contributed by atoms with van der Waals surface area (Å²) in [5.74, 6) is -2.25. The number of carbonyl (C=O) groups excluding carboxylic acids is 2. The van der Waals surface area contributed by atoms with Crippen molar-refractivity contribution in [2.75, 3.05) is 19.0 Å². The van der Waals surface area contributed by atoms with Crippen molar-refractivity contribution in [2.24, 2.45) is 5.92 Å². The molecule has 0 saturated heterocycles. The Balaban J connectivity index is 3.24. The van der Waals surface area contributed by atoms with Gasteiger partial charge in [-0.1, -0.05) is 13.5 Å². The van der Waals surface area contributed by atoms with Crippen LogP contribution in [0.3, 0.4) is 0 Å². The Morgan fingerprint density at radius 3 is 2.29 bits per heavy atom. The minimum atomic E-state index is -3.79. The minimum Gasteiger partial charge on any atom is -0.466 e. The summed E-state index contributed by atoms with van der Waals surface area (Å²) in [6, 6.07) is 0. The van der Waals surface area contributed by atoms with Gasteiger partial charge in [-0.15, -0.1) is 0 Å². The Morgan fingerprint density at radius 1 is 1.24 bits per heavy atom. The van der Waals surface area contributed by atoms with Gasteiger partial charge in [-0.05, 0) is 32.3 Å². The highest BCUT2D eigenvalue weighted by atomic mass is 32.2. The average molecular weight is 318 g/mol. The fraction of sp³-hybridized carbons (Fsp3) is 0.714. The molecule has 21 heavy (non-hydrogen) atoms. The molecule has 0 heterocycles. The molecule has 1 fully saturated rings. The average Bonchev–Trinajstić information content (AvgIpc) is 2.79. The highest BCUT2D eigenvalue weighted by Gasteiger charge is 2.59. The van der Waals surface area contributed by atoms with E-state index < -0.39 is 32.4 Å². The zero-order valence-electron chi connectivity index (χ0n) is 12.7. The molecule has 0 unspecified atom stereocenters. The predicted octanol–water partition coefficient (Wildman–Crippen LogP) is 1.25. The molecule has 0 bridgehead atoms. The molecule has 1 saturated carbocycles. The van der Waals surface area contributed by atoms with E-state index in [2.05, 4.69) is 6.58 Å². The van der Waals surface area contributed by atoms with Crippen molar-refractivity contribution in [2.45, 2.75) is 38.4 Å². The molecule has 120 valence electrons.